The fourth-order valence-corrected chi connectivity index (χ4v) is 6.02. The molecule has 1 aliphatic carbocycles. The first-order valence-electron chi connectivity index (χ1n) is 15.3. The van der Waals surface area contributed by atoms with Gasteiger partial charge in [0.1, 0.15) is 0 Å². The zero-order valence-corrected chi connectivity index (χ0v) is 25.0. The molecule has 1 aliphatic heterocycles. The van der Waals surface area contributed by atoms with Crippen LogP contribution < -0.4 is 10.6 Å². The lowest BCUT2D eigenvalue weighted by Gasteiger charge is -2.47. The zero-order chi connectivity index (χ0) is 30.7. The van der Waals surface area contributed by atoms with E-state index in [4.69, 9.17) is 4.74 Å². The molecular formula is C32H45N5O6. The van der Waals surface area contributed by atoms with Crippen LogP contribution in [0.5, 0.6) is 0 Å². The Balaban J connectivity index is 1.43. The molecule has 2 fully saturated rings. The van der Waals surface area contributed by atoms with Crippen molar-refractivity contribution in [3.05, 3.63) is 66.0 Å². The Labute approximate surface area is 253 Å². The number of morpholine rings is 1. The number of aliphatic hydroxyl groups excluding tert-OH is 1. The van der Waals surface area contributed by atoms with Gasteiger partial charge in [0.15, 0.2) is 6.10 Å². The van der Waals surface area contributed by atoms with Gasteiger partial charge in [0.05, 0.1) is 25.3 Å². The number of hydrogen-bond acceptors (Lipinski definition) is 6. The molecule has 234 valence electrons. The molecule has 3 atom stereocenters. The minimum absolute atomic E-state index is 0.149. The molecule has 0 radical (unpaired) electrons. The minimum atomic E-state index is -1.55. The SMILES string of the molecule is C[C@@H](NC(=O)C(O)[C@H](CCCCNC(=O)N1CCOCC1)N(CC1(Cc2ccncc2)CCC1)C(=O)O)c1ccccc1. The summed E-state index contributed by atoms with van der Waals surface area (Å²) >= 11 is 0. The van der Waals surface area contributed by atoms with E-state index in [0.717, 1.165) is 30.4 Å². The Morgan fingerprint density at radius 2 is 1.77 bits per heavy atom. The number of carbonyl (C=O) groups excluding carboxylic acids is 2. The predicted octanol–water partition coefficient (Wildman–Crippen LogP) is 3.59. The summed E-state index contributed by atoms with van der Waals surface area (Å²) in [7, 11) is 0. The third-order valence-corrected chi connectivity index (χ3v) is 8.69. The summed E-state index contributed by atoms with van der Waals surface area (Å²) < 4.78 is 5.30. The lowest BCUT2D eigenvalue weighted by Crippen LogP contribution is -2.56. The molecule has 1 unspecified atom stereocenters. The quantitative estimate of drug-likeness (QED) is 0.244. The molecule has 1 aromatic heterocycles. The first-order valence-corrected chi connectivity index (χ1v) is 15.3. The molecule has 11 nitrogen and oxygen atoms in total. The zero-order valence-electron chi connectivity index (χ0n) is 25.0. The van der Waals surface area contributed by atoms with Gasteiger partial charge in [-0.05, 0) is 74.1 Å². The summed E-state index contributed by atoms with van der Waals surface area (Å²) in [5, 5.41) is 27.6. The number of benzene rings is 1. The molecule has 2 aliphatic rings. The number of aliphatic hydroxyl groups is 1. The van der Waals surface area contributed by atoms with Gasteiger partial charge < -0.3 is 35.4 Å². The Bertz CT molecular complexity index is 1170. The van der Waals surface area contributed by atoms with Crippen LogP contribution in [0.3, 0.4) is 0 Å². The minimum Gasteiger partial charge on any atom is -0.465 e. The van der Waals surface area contributed by atoms with Crippen molar-refractivity contribution in [2.24, 2.45) is 5.41 Å². The number of carboxylic acid groups (broad SMARTS) is 1. The second kappa shape index (κ2) is 15.7. The summed E-state index contributed by atoms with van der Waals surface area (Å²) in [6.45, 7) is 4.60. The Morgan fingerprint density at radius 1 is 1.07 bits per heavy atom. The van der Waals surface area contributed by atoms with Crippen LogP contribution in [0.1, 0.15) is 62.6 Å². The highest BCUT2D eigenvalue weighted by Crippen LogP contribution is 2.45. The van der Waals surface area contributed by atoms with Crippen LogP contribution in [0.15, 0.2) is 54.9 Å². The van der Waals surface area contributed by atoms with Gasteiger partial charge >= 0.3 is 12.1 Å². The summed E-state index contributed by atoms with van der Waals surface area (Å²) in [6, 6.07) is 11.9. The number of amides is 4. The molecule has 43 heavy (non-hydrogen) atoms. The van der Waals surface area contributed by atoms with Crippen molar-refractivity contribution in [2.45, 2.75) is 70.1 Å². The highest BCUT2D eigenvalue weighted by Gasteiger charge is 2.43. The number of urea groups is 1. The Morgan fingerprint density at radius 3 is 2.40 bits per heavy atom. The molecule has 1 saturated carbocycles. The van der Waals surface area contributed by atoms with Gasteiger partial charge in [-0.25, -0.2) is 9.59 Å². The van der Waals surface area contributed by atoms with E-state index in [-0.39, 0.29) is 30.5 Å². The van der Waals surface area contributed by atoms with E-state index in [2.05, 4.69) is 15.6 Å². The molecule has 0 spiro atoms. The Hall–Kier alpha value is -3.70. The maximum absolute atomic E-state index is 13.3. The van der Waals surface area contributed by atoms with E-state index < -0.39 is 24.1 Å². The van der Waals surface area contributed by atoms with Gasteiger partial charge in [-0.2, -0.15) is 0 Å². The van der Waals surface area contributed by atoms with Crippen LogP contribution in [-0.2, 0) is 16.0 Å². The van der Waals surface area contributed by atoms with Gasteiger partial charge in [-0.3, -0.25) is 9.78 Å². The first kappa shape index (κ1) is 32.2. The highest BCUT2D eigenvalue weighted by molar-refractivity contribution is 5.82. The topological polar surface area (TPSA) is 144 Å². The molecule has 2 heterocycles. The van der Waals surface area contributed by atoms with Gasteiger partial charge in [0.25, 0.3) is 5.91 Å². The van der Waals surface area contributed by atoms with Gasteiger partial charge in [0, 0.05) is 38.6 Å². The molecule has 4 rings (SSSR count). The van der Waals surface area contributed by atoms with E-state index in [0.29, 0.717) is 52.1 Å². The summed E-state index contributed by atoms with van der Waals surface area (Å²) in [5.74, 6) is -0.606. The van der Waals surface area contributed by atoms with Crippen molar-refractivity contribution in [3.63, 3.8) is 0 Å². The average molecular weight is 596 g/mol. The maximum Gasteiger partial charge on any atom is 0.407 e. The summed E-state index contributed by atoms with van der Waals surface area (Å²) in [5.41, 5.74) is 1.71. The van der Waals surface area contributed by atoms with Crippen LogP contribution >= 0.6 is 0 Å². The van der Waals surface area contributed by atoms with Gasteiger partial charge in [-0.15, -0.1) is 0 Å². The van der Waals surface area contributed by atoms with Crippen molar-refractivity contribution in [1.29, 1.82) is 0 Å². The van der Waals surface area contributed by atoms with E-state index >= 15 is 0 Å². The number of aromatic nitrogens is 1. The second-order valence-electron chi connectivity index (χ2n) is 11.8. The number of unbranched alkanes of at least 4 members (excludes halogenated alkanes) is 1. The van der Waals surface area contributed by atoms with E-state index in [1.807, 2.05) is 49.4 Å². The third-order valence-electron chi connectivity index (χ3n) is 8.69. The largest absolute Gasteiger partial charge is 0.465 e. The van der Waals surface area contributed by atoms with Gasteiger partial charge in [-0.1, -0.05) is 36.8 Å². The number of pyridine rings is 1. The number of nitrogens with one attached hydrogen (secondary N) is 2. The monoisotopic (exact) mass is 595 g/mol. The van der Waals surface area contributed by atoms with Gasteiger partial charge in [0.2, 0.25) is 0 Å². The standard InChI is InChI=1S/C32H45N5O6/c1-24(26-8-3-2-4-9-26)35-29(39)28(38)27(10-5-6-15-34-30(40)36-18-20-43-21-19-36)37(31(41)42)23-32(13-7-14-32)22-25-11-16-33-17-12-25/h2-4,8-9,11-12,16-17,24,27-28,38H,5-7,10,13-15,18-23H2,1H3,(H,34,40)(H,35,39)(H,41,42)/t24-,27+,28?/m1/s1. The smallest absolute Gasteiger partial charge is 0.407 e. The van der Waals surface area contributed by atoms with E-state index in [9.17, 15) is 24.6 Å². The van der Waals surface area contributed by atoms with Crippen molar-refractivity contribution in [2.75, 3.05) is 39.4 Å². The van der Waals surface area contributed by atoms with E-state index in [1.54, 1.807) is 17.3 Å². The van der Waals surface area contributed by atoms with Crippen LogP contribution in [0, 0.1) is 5.41 Å². The van der Waals surface area contributed by atoms with Crippen molar-refractivity contribution in [1.82, 2.24) is 25.4 Å². The fourth-order valence-electron chi connectivity index (χ4n) is 6.02. The molecule has 11 heteroatoms. The molecule has 0 bridgehead atoms. The lowest BCUT2D eigenvalue weighted by atomic mass is 9.65. The molecule has 1 aromatic carbocycles. The summed E-state index contributed by atoms with van der Waals surface area (Å²) in [6.07, 6.45) is 5.58. The normalized spacial score (nSPS) is 18.0. The molecule has 1 saturated heterocycles. The average Bonchev–Trinajstić information content (AvgIpc) is 3.01. The van der Waals surface area contributed by atoms with E-state index in [1.165, 1.54) is 4.90 Å². The van der Waals surface area contributed by atoms with Crippen LogP contribution in [0.25, 0.3) is 0 Å². The van der Waals surface area contributed by atoms with Crippen molar-refractivity contribution in [3.8, 4) is 0 Å². The number of rotatable bonds is 14. The number of ether oxygens (including phenoxy) is 1. The molecule has 4 N–H and O–H groups in total. The number of carbonyl (C=O) groups is 3. The first-order chi connectivity index (χ1) is 20.8. The predicted molar refractivity (Wildman–Crippen MR) is 161 cm³/mol. The summed E-state index contributed by atoms with van der Waals surface area (Å²) in [4.78, 5) is 45.6. The fraction of sp³-hybridized carbons (Fsp3) is 0.562. The lowest BCUT2D eigenvalue weighted by molar-refractivity contribution is -0.134. The van der Waals surface area contributed by atoms with Crippen molar-refractivity contribution < 1.29 is 29.3 Å². The second-order valence-corrected chi connectivity index (χ2v) is 11.8. The molecule has 2 aromatic rings. The van der Waals surface area contributed by atoms with Crippen LogP contribution in [0.4, 0.5) is 9.59 Å². The molecular weight excluding hydrogens is 550 g/mol. The number of nitrogens with zero attached hydrogens (tertiary/aromatic N) is 3. The third kappa shape index (κ3) is 9.14. The van der Waals surface area contributed by atoms with Crippen LogP contribution in [0.2, 0.25) is 0 Å². The highest BCUT2D eigenvalue weighted by atomic mass is 16.5. The number of hydrogen-bond donors (Lipinski definition) is 4. The Kier molecular flexibility index (Phi) is 11.7. The maximum atomic E-state index is 13.3. The van der Waals surface area contributed by atoms with Crippen molar-refractivity contribution >= 4 is 18.0 Å². The molecule has 4 amide bonds. The van der Waals surface area contributed by atoms with Crippen LogP contribution in [-0.4, -0.2) is 94.6 Å².